The number of benzene rings is 2. The van der Waals surface area contributed by atoms with E-state index in [9.17, 15) is 9.00 Å². The van der Waals surface area contributed by atoms with E-state index in [0.717, 1.165) is 74.6 Å². The maximum Gasteiger partial charge on any atom is 0.274 e. The van der Waals surface area contributed by atoms with Crippen LogP contribution in [0.5, 0.6) is 5.75 Å². The number of carbonyl (C=O) groups excluding carboxylic acids is 2. The van der Waals surface area contributed by atoms with E-state index in [4.69, 9.17) is 24.3 Å². The van der Waals surface area contributed by atoms with E-state index in [1.165, 1.54) is 5.56 Å². The first-order valence-corrected chi connectivity index (χ1v) is 15.8. The summed E-state index contributed by atoms with van der Waals surface area (Å²) in [5, 5.41) is 13.4. The van der Waals surface area contributed by atoms with Crippen LogP contribution >= 0.6 is 0 Å². The summed E-state index contributed by atoms with van der Waals surface area (Å²) < 4.78 is 24.9. The smallest absolute Gasteiger partial charge is 0.274 e. The molecule has 2 atom stereocenters. The van der Waals surface area contributed by atoms with Crippen LogP contribution in [0.25, 0.3) is 0 Å². The Morgan fingerprint density at radius 3 is 2.16 bits per heavy atom. The van der Waals surface area contributed by atoms with Crippen molar-refractivity contribution < 1.29 is 28.4 Å². The highest BCUT2D eigenvalue weighted by atomic mass is 32.2. The molecule has 0 radical (unpaired) electrons. The summed E-state index contributed by atoms with van der Waals surface area (Å²) in [5.74, 6) is 1.92. The Kier molecular flexibility index (Phi) is 28.8. The van der Waals surface area contributed by atoms with E-state index in [2.05, 4.69) is 19.2 Å². The van der Waals surface area contributed by atoms with Crippen LogP contribution in [0, 0.1) is 23.7 Å². The van der Waals surface area contributed by atoms with Gasteiger partial charge in [0.15, 0.2) is 0 Å². The molecule has 0 bridgehead atoms. The molecule has 3 rings (SSSR count). The van der Waals surface area contributed by atoms with Gasteiger partial charge in [0, 0.05) is 43.7 Å². The maximum absolute atomic E-state index is 12.6. The fourth-order valence-electron chi connectivity index (χ4n) is 3.56. The Labute approximate surface area is 261 Å². The molecule has 2 aromatic rings. The topological polar surface area (TPSA) is 135 Å². The number of nitroso groups, excluding NO2 is 1. The Hall–Kier alpha value is -2.83. The third kappa shape index (κ3) is 22.4. The number of methoxy groups -OCH3 is 1. The number of carbonyl (C=O) groups is 2. The van der Waals surface area contributed by atoms with E-state index in [1.54, 1.807) is 12.3 Å². The van der Waals surface area contributed by atoms with Gasteiger partial charge in [-0.15, -0.1) is 4.91 Å². The zero-order valence-electron chi connectivity index (χ0n) is 27.0. The zero-order valence-corrected chi connectivity index (χ0v) is 27.8. The Bertz CT molecular complexity index is 962. The molecule has 43 heavy (non-hydrogen) atoms. The molecule has 2 aromatic carbocycles. The largest absolute Gasteiger partial charge is 0.497 e. The molecule has 1 heterocycles. The van der Waals surface area contributed by atoms with Gasteiger partial charge in [-0.1, -0.05) is 57.5 Å². The number of aldehydes is 1. The maximum atomic E-state index is 12.6. The summed E-state index contributed by atoms with van der Waals surface area (Å²) in [6.45, 7) is 15.0. The van der Waals surface area contributed by atoms with Crippen LogP contribution in [0.15, 0.2) is 58.6 Å². The monoisotopic (exact) mass is 623 g/mol. The van der Waals surface area contributed by atoms with Crippen molar-refractivity contribution in [3.8, 4) is 5.75 Å². The van der Waals surface area contributed by atoms with E-state index >= 15 is 0 Å². The van der Waals surface area contributed by atoms with Crippen molar-refractivity contribution in [2.75, 3.05) is 53.6 Å². The molecule has 1 aliphatic heterocycles. The normalized spacial score (nSPS) is 13.9. The van der Waals surface area contributed by atoms with E-state index in [-0.39, 0.29) is 6.41 Å². The highest BCUT2D eigenvalue weighted by Gasteiger charge is 2.16. The lowest BCUT2D eigenvalue weighted by atomic mass is 10.1. The number of nitrogens with one attached hydrogen (secondary N) is 1. The average molecular weight is 624 g/mol. The number of nitrogens with zero attached hydrogens (tertiary/aromatic N) is 2. The third-order valence-electron chi connectivity index (χ3n) is 5.72. The lowest BCUT2D eigenvalue weighted by Gasteiger charge is -2.23. The van der Waals surface area contributed by atoms with Gasteiger partial charge in [0.2, 0.25) is 0 Å². The number of aryl methyl sites for hydroxylation is 1. The molecule has 2 N–H and O–H groups in total. The van der Waals surface area contributed by atoms with Crippen molar-refractivity contribution in [3.63, 3.8) is 0 Å². The van der Waals surface area contributed by atoms with Crippen molar-refractivity contribution in [2.24, 2.45) is 17.0 Å². The van der Waals surface area contributed by atoms with Crippen molar-refractivity contribution in [2.45, 2.75) is 58.8 Å². The van der Waals surface area contributed by atoms with Crippen LogP contribution in [-0.4, -0.2) is 79.9 Å². The lowest BCUT2D eigenvalue weighted by Crippen LogP contribution is -2.32. The second kappa shape index (κ2) is 29.3. The van der Waals surface area contributed by atoms with E-state index in [1.807, 2.05) is 80.7 Å². The molecular formula is C32H53N3O7S. The van der Waals surface area contributed by atoms with E-state index in [0.29, 0.717) is 18.4 Å². The summed E-state index contributed by atoms with van der Waals surface area (Å²) in [6.07, 6.45) is 3.84. The second-order valence-corrected chi connectivity index (χ2v) is 11.1. The van der Waals surface area contributed by atoms with Crippen molar-refractivity contribution in [1.82, 2.24) is 9.62 Å². The molecule has 10 nitrogen and oxygen atoms in total. The van der Waals surface area contributed by atoms with Gasteiger partial charge in [0.25, 0.3) is 6.41 Å². The van der Waals surface area contributed by atoms with Gasteiger partial charge in [-0.2, -0.15) is 0 Å². The van der Waals surface area contributed by atoms with Crippen molar-refractivity contribution in [3.05, 3.63) is 64.6 Å². The molecular weight excluding hydrogens is 570 g/mol. The molecule has 11 heteroatoms. The van der Waals surface area contributed by atoms with Crippen LogP contribution < -0.4 is 10.1 Å². The average Bonchev–Trinajstić information content (AvgIpc) is 3.56. The van der Waals surface area contributed by atoms with Gasteiger partial charge < -0.3 is 19.9 Å². The quantitative estimate of drug-likeness (QED) is 0.171. The first kappa shape index (κ1) is 42.3. The van der Waals surface area contributed by atoms with Crippen LogP contribution in [0.3, 0.4) is 0 Å². The summed E-state index contributed by atoms with van der Waals surface area (Å²) >= 11 is 0. The van der Waals surface area contributed by atoms with Gasteiger partial charge >= 0.3 is 0 Å². The minimum absolute atomic E-state index is 0.0556. The van der Waals surface area contributed by atoms with Crippen LogP contribution in [-0.2, 0) is 20.5 Å². The number of aliphatic hydroxyl groups excluding tert-OH is 1. The van der Waals surface area contributed by atoms with Gasteiger partial charge in [-0.05, 0) is 75.9 Å². The third-order valence-corrected chi connectivity index (χ3v) is 7.19. The molecule has 1 fully saturated rings. The Balaban J connectivity index is 0. The molecule has 1 unspecified atom stereocenters. The molecule has 0 aromatic heterocycles. The molecule has 244 valence electrons. The molecule has 1 amide bonds. The minimum Gasteiger partial charge on any atom is -0.497 e. The second-order valence-electron chi connectivity index (χ2n) is 9.64. The number of hydrogen-bond donors (Lipinski definition) is 2. The first-order valence-electron chi connectivity index (χ1n) is 14.7. The first-order chi connectivity index (χ1) is 20.8. The van der Waals surface area contributed by atoms with E-state index < -0.39 is 11.0 Å². The van der Waals surface area contributed by atoms with Crippen LogP contribution in [0.4, 0.5) is 0 Å². The number of aliphatic hydroxyl groups is 1. The summed E-state index contributed by atoms with van der Waals surface area (Å²) in [6, 6.07) is 14.9. The fraction of sp³-hybridized carbons (Fsp3) is 0.562. The Morgan fingerprint density at radius 1 is 1.14 bits per heavy atom. The fourth-order valence-corrected chi connectivity index (χ4v) is 4.96. The summed E-state index contributed by atoms with van der Waals surface area (Å²) in [4.78, 5) is 28.2. The highest BCUT2D eigenvalue weighted by Crippen LogP contribution is 2.18. The van der Waals surface area contributed by atoms with Crippen molar-refractivity contribution >= 4 is 23.7 Å². The van der Waals surface area contributed by atoms with Gasteiger partial charge in [0.05, 0.1) is 12.0 Å². The Morgan fingerprint density at radius 2 is 1.74 bits per heavy atom. The predicted molar refractivity (Wildman–Crippen MR) is 175 cm³/mol. The lowest BCUT2D eigenvalue weighted by molar-refractivity contribution is -0.106. The molecule has 1 aliphatic rings. The number of amides is 1. The van der Waals surface area contributed by atoms with Crippen molar-refractivity contribution in [1.29, 1.82) is 0 Å². The zero-order chi connectivity index (χ0) is 32.9. The minimum atomic E-state index is -1.11. The molecule has 1 saturated heterocycles. The number of ether oxygens (including phenoxy) is 2. The van der Waals surface area contributed by atoms with Gasteiger partial charge in [-0.25, -0.2) is 8.51 Å². The summed E-state index contributed by atoms with van der Waals surface area (Å²) in [7, 11) is 2.47. The standard InChI is InChI=1S/C15H26N2O2S.C8H8O.C6H12O2.C2H6.CHNO2/c1-13(2)12-17(11-5-10-16-3)20(18)15-8-6-14(19-4)7-9-15;1-7-2-4-8(6-9)5-3-7;7-3-1-6-2-4-8-5-6;1-2;3-1-2-4/h6-9,13,16H,5,10-12H2,1-4H3;2-6H,1H3;6-7H,1-5H2;1-2H3;1H/t;;6-;;/m..0../s1. The van der Waals surface area contributed by atoms with Crippen LogP contribution in [0.2, 0.25) is 0 Å². The van der Waals surface area contributed by atoms with Gasteiger partial charge in [0.1, 0.15) is 23.0 Å². The molecule has 0 saturated carbocycles. The molecule has 0 aliphatic carbocycles. The number of rotatable bonds is 13. The summed E-state index contributed by atoms with van der Waals surface area (Å²) in [5.41, 5.74) is 1.92. The highest BCUT2D eigenvalue weighted by molar-refractivity contribution is 7.82. The van der Waals surface area contributed by atoms with Crippen LogP contribution in [0.1, 0.15) is 62.9 Å². The SMILES string of the molecule is CC.CNCCCN(CC(C)C)S(=O)c1ccc(OC)cc1.Cc1ccc(C=O)cc1.O=CN=O.OCC[C@H]1CCOC1. The van der Waals surface area contributed by atoms with Gasteiger partial charge in [-0.3, -0.25) is 9.59 Å². The number of hydrogen-bond acceptors (Lipinski definition) is 8. The molecule has 0 spiro atoms. The predicted octanol–water partition coefficient (Wildman–Crippen LogP) is 5.43.